The standard InChI is InChI=1S/C17H22N2O4S2/c1-11(12-4-6-13(7-5-12)25(3,22)23)18-16(21)14-10-24-17(2)9-8-15(20)19(14)17/h4-7,11,14H,8-10H2,1-3H3,(H,18,21)/t11-,14-,17-/m0/s1. The van der Waals surface area contributed by atoms with E-state index in [0.717, 1.165) is 18.2 Å². The Bertz CT molecular complexity index is 806. The number of nitrogens with one attached hydrogen (secondary N) is 1. The number of hydrogen-bond acceptors (Lipinski definition) is 5. The molecule has 2 heterocycles. The van der Waals surface area contributed by atoms with Gasteiger partial charge in [-0.1, -0.05) is 12.1 Å². The number of sulfone groups is 1. The Labute approximate surface area is 152 Å². The first-order chi connectivity index (χ1) is 11.6. The van der Waals surface area contributed by atoms with Gasteiger partial charge in [0.15, 0.2) is 9.84 Å². The highest BCUT2D eigenvalue weighted by Crippen LogP contribution is 2.47. The van der Waals surface area contributed by atoms with Crippen molar-refractivity contribution in [3.63, 3.8) is 0 Å². The third-order valence-electron chi connectivity index (χ3n) is 4.91. The van der Waals surface area contributed by atoms with Gasteiger partial charge in [0, 0.05) is 18.4 Å². The molecular formula is C17H22N2O4S2. The normalized spacial score (nSPS) is 27.2. The summed E-state index contributed by atoms with van der Waals surface area (Å²) in [7, 11) is -3.24. The smallest absolute Gasteiger partial charge is 0.244 e. The minimum Gasteiger partial charge on any atom is -0.348 e. The van der Waals surface area contributed by atoms with Crippen molar-refractivity contribution < 1.29 is 18.0 Å². The first kappa shape index (κ1) is 18.3. The number of nitrogens with zero attached hydrogens (tertiary/aromatic N) is 1. The average molecular weight is 383 g/mol. The quantitative estimate of drug-likeness (QED) is 0.857. The first-order valence-corrected chi connectivity index (χ1v) is 11.1. The molecule has 0 bridgehead atoms. The Morgan fingerprint density at radius 1 is 1.36 bits per heavy atom. The van der Waals surface area contributed by atoms with Gasteiger partial charge in [-0.15, -0.1) is 11.8 Å². The lowest BCUT2D eigenvalue weighted by Gasteiger charge is -2.30. The second-order valence-corrected chi connectivity index (χ2v) is 10.4. The molecule has 0 radical (unpaired) electrons. The van der Waals surface area contributed by atoms with Crippen LogP contribution in [0.5, 0.6) is 0 Å². The molecule has 1 aromatic rings. The minimum atomic E-state index is -3.24. The van der Waals surface area contributed by atoms with E-state index in [-0.39, 0.29) is 27.6 Å². The van der Waals surface area contributed by atoms with Gasteiger partial charge in [0.05, 0.1) is 15.8 Å². The average Bonchev–Trinajstić information content (AvgIpc) is 3.03. The summed E-state index contributed by atoms with van der Waals surface area (Å²) in [6.07, 6.45) is 2.44. The minimum absolute atomic E-state index is 0.0396. The van der Waals surface area contributed by atoms with Crippen LogP contribution in [-0.4, -0.2) is 48.1 Å². The van der Waals surface area contributed by atoms with Crippen LogP contribution >= 0.6 is 11.8 Å². The van der Waals surface area contributed by atoms with Gasteiger partial charge < -0.3 is 10.2 Å². The van der Waals surface area contributed by atoms with Crippen LogP contribution in [0.15, 0.2) is 29.2 Å². The fourth-order valence-corrected chi connectivity index (χ4v) is 5.47. The van der Waals surface area contributed by atoms with Gasteiger partial charge in [-0.3, -0.25) is 9.59 Å². The van der Waals surface area contributed by atoms with E-state index < -0.39 is 15.9 Å². The highest BCUT2D eigenvalue weighted by molar-refractivity contribution is 8.01. The van der Waals surface area contributed by atoms with Gasteiger partial charge in [-0.25, -0.2) is 8.42 Å². The lowest BCUT2D eigenvalue weighted by molar-refractivity contribution is -0.138. The molecule has 2 fully saturated rings. The van der Waals surface area contributed by atoms with Crippen molar-refractivity contribution in [1.82, 2.24) is 10.2 Å². The lowest BCUT2D eigenvalue weighted by Crippen LogP contribution is -2.50. The fourth-order valence-electron chi connectivity index (χ4n) is 3.41. The Morgan fingerprint density at radius 3 is 2.60 bits per heavy atom. The van der Waals surface area contributed by atoms with E-state index in [2.05, 4.69) is 5.32 Å². The fraction of sp³-hybridized carbons (Fsp3) is 0.529. The molecule has 0 aromatic heterocycles. The second kappa shape index (κ2) is 6.32. The number of fused-ring (bicyclic) bond motifs is 1. The molecule has 6 nitrogen and oxygen atoms in total. The number of hydrogen-bond donors (Lipinski definition) is 1. The molecule has 0 spiro atoms. The topological polar surface area (TPSA) is 83.6 Å². The van der Waals surface area contributed by atoms with E-state index in [4.69, 9.17) is 0 Å². The summed E-state index contributed by atoms with van der Waals surface area (Å²) in [6.45, 7) is 3.86. The number of benzene rings is 1. The van der Waals surface area contributed by atoms with Crippen molar-refractivity contribution in [2.45, 2.75) is 48.5 Å². The third-order valence-corrected chi connectivity index (χ3v) is 7.55. The van der Waals surface area contributed by atoms with Crippen molar-refractivity contribution >= 4 is 33.4 Å². The molecular weight excluding hydrogens is 360 g/mol. The maximum absolute atomic E-state index is 12.7. The Morgan fingerprint density at radius 2 is 2.00 bits per heavy atom. The van der Waals surface area contributed by atoms with Gasteiger partial charge in [-0.2, -0.15) is 0 Å². The molecule has 2 amide bonds. The summed E-state index contributed by atoms with van der Waals surface area (Å²) < 4.78 is 23.0. The van der Waals surface area contributed by atoms with Crippen molar-refractivity contribution in [2.75, 3.05) is 12.0 Å². The molecule has 1 aromatic carbocycles. The molecule has 25 heavy (non-hydrogen) atoms. The van der Waals surface area contributed by atoms with Gasteiger partial charge in [0.1, 0.15) is 6.04 Å². The van der Waals surface area contributed by atoms with Crippen molar-refractivity contribution in [3.8, 4) is 0 Å². The summed E-state index contributed by atoms with van der Waals surface area (Å²) >= 11 is 1.66. The summed E-state index contributed by atoms with van der Waals surface area (Å²) in [4.78, 5) is 26.5. The van der Waals surface area contributed by atoms with Crippen LogP contribution in [-0.2, 0) is 19.4 Å². The van der Waals surface area contributed by atoms with Crippen LogP contribution in [0.1, 0.15) is 38.3 Å². The van der Waals surface area contributed by atoms with Crippen molar-refractivity contribution in [3.05, 3.63) is 29.8 Å². The number of thioether (sulfide) groups is 1. The molecule has 0 unspecified atom stereocenters. The number of amides is 2. The van der Waals surface area contributed by atoms with Gasteiger partial charge in [0.2, 0.25) is 11.8 Å². The SMILES string of the molecule is C[C@H](NC(=O)[C@@H]1CS[C@@]2(C)CCC(=O)N12)c1ccc(S(C)(=O)=O)cc1. The second-order valence-electron chi connectivity index (χ2n) is 6.84. The maximum Gasteiger partial charge on any atom is 0.244 e. The molecule has 0 saturated carbocycles. The Kier molecular flexibility index (Phi) is 4.61. The van der Waals surface area contributed by atoms with E-state index in [1.165, 1.54) is 0 Å². The lowest BCUT2D eigenvalue weighted by atomic mass is 10.1. The molecule has 3 atom stereocenters. The van der Waals surface area contributed by atoms with Crippen molar-refractivity contribution in [1.29, 1.82) is 0 Å². The highest BCUT2D eigenvalue weighted by atomic mass is 32.2. The monoisotopic (exact) mass is 382 g/mol. The van der Waals surface area contributed by atoms with E-state index in [1.54, 1.807) is 40.9 Å². The molecule has 136 valence electrons. The van der Waals surface area contributed by atoms with E-state index in [0.29, 0.717) is 12.2 Å². The first-order valence-electron chi connectivity index (χ1n) is 8.18. The Hall–Kier alpha value is -1.54. The van der Waals surface area contributed by atoms with Gasteiger partial charge in [0.25, 0.3) is 0 Å². The zero-order chi connectivity index (χ0) is 18.4. The van der Waals surface area contributed by atoms with Crippen LogP contribution < -0.4 is 5.32 Å². The number of carbonyl (C=O) groups excluding carboxylic acids is 2. The number of rotatable bonds is 4. The zero-order valence-corrected chi connectivity index (χ0v) is 16.1. The molecule has 3 rings (SSSR count). The summed E-state index contributed by atoms with van der Waals surface area (Å²) in [5, 5.41) is 2.95. The van der Waals surface area contributed by atoms with Crippen LogP contribution in [0.3, 0.4) is 0 Å². The van der Waals surface area contributed by atoms with Crippen molar-refractivity contribution in [2.24, 2.45) is 0 Å². The number of carbonyl (C=O) groups is 2. The van der Waals surface area contributed by atoms with E-state index in [9.17, 15) is 18.0 Å². The zero-order valence-electron chi connectivity index (χ0n) is 14.5. The summed E-state index contributed by atoms with van der Waals surface area (Å²) in [6, 6.07) is 5.78. The van der Waals surface area contributed by atoms with Gasteiger partial charge in [-0.05, 0) is 38.0 Å². The summed E-state index contributed by atoms with van der Waals surface area (Å²) in [5.74, 6) is 0.484. The molecule has 0 aliphatic carbocycles. The largest absolute Gasteiger partial charge is 0.348 e. The predicted octanol–water partition coefficient (Wildman–Crippen LogP) is 1.72. The molecule has 2 aliphatic rings. The summed E-state index contributed by atoms with van der Waals surface area (Å²) in [5.41, 5.74) is 0.821. The third kappa shape index (κ3) is 3.42. The molecule has 1 N–H and O–H groups in total. The van der Waals surface area contributed by atoms with E-state index >= 15 is 0 Å². The highest BCUT2D eigenvalue weighted by Gasteiger charge is 2.52. The Balaban J connectivity index is 1.70. The van der Waals surface area contributed by atoms with Crippen LogP contribution in [0.2, 0.25) is 0 Å². The van der Waals surface area contributed by atoms with Crippen LogP contribution in [0.25, 0.3) is 0 Å². The van der Waals surface area contributed by atoms with Gasteiger partial charge >= 0.3 is 0 Å². The maximum atomic E-state index is 12.7. The molecule has 8 heteroatoms. The molecule has 2 aliphatic heterocycles. The van der Waals surface area contributed by atoms with Crippen LogP contribution in [0.4, 0.5) is 0 Å². The van der Waals surface area contributed by atoms with E-state index in [1.807, 2.05) is 13.8 Å². The van der Waals surface area contributed by atoms with Crippen LogP contribution in [0, 0.1) is 0 Å². The molecule has 2 saturated heterocycles. The predicted molar refractivity (Wildman–Crippen MR) is 96.8 cm³/mol.